The number of hydrogen-bond donors (Lipinski definition) is 0. The van der Waals surface area contributed by atoms with E-state index in [0.717, 1.165) is 0 Å². The van der Waals surface area contributed by atoms with Crippen molar-refractivity contribution >= 4 is 17.9 Å². The zero-order chi connectivity index (χ0) is 23.5. The van der Waals surface area contributed by atoms with Crippen LogP contribution in [0, 0.1) is 5.82 Å². The van der Waals surface area contributed by atoms with Crippen molar-refractivity contribution < 1.29 is 28.2 Å². The first-order valence-electron chi connectivity index (χ1n) is 11.0. The van der Waals surface area contributed by atoms with Gasteiger partial charge in [-0.1, -0.05) is 6.07 Å². The van der Waals surface area contributed by atoms with Crippen LogP contribution in [-0.4, -0.2) is 83.1 Å². The van der Waals surface area contributed by atoms with Crippen LogP contribution in [0.5, 0.6) is 5.75 Å². The van der Waals surface area contributed by atoms with E-state index in [4.69, 9.17) is 9.47 Å². The van der Waals surface area contributed by atoms with Gasteiger partial charge >= 0.3 is 6.09 Å². The quantitative estimate of drug-likeness (QED) is 0.709. The lowest BCUT2D eigenvalue weighted by atomic mass is 10.1. The van der Waals surface area contributed by atoms with E-state index in [-0.39, 0.29) is 24.5 Å². The minimum absolute atomic E-state index is 0.156. The first-order valence-corrected chi connectivity index (χ1v) is 11.0. The largest absolute Gasteiger partial charge is 0.488 e. The summed E-state index contributed by atoms with van der Waals surface area (Å²) < 4.78 is 24.8. The second kappa shape index (κ2) is 9.75. The summed E-state index contributed by atoms with van der Waals surface area (Å²) in [6.45, 7) is 8.89. The fourth-order valence-electron chi connectivity index (χ4n) is 4.06. The summed E-state index contributed by atoms with van der Waals surface area (Å²) in [5.74, 6) is -0.402. The molecule has 3 rings (SSSR count). The van der Waals surface area contributed by atoms with E-state index in [1.807, 2.05) is 20.8 Å². The number of carbonyl (C=O) groups excluding carboxylic acids is 3. The molecule has 1 aromatic carbocycles. The maximum Gasteiger partial charge on any atom is 0.410 e. The van der Waals surface area contributed by atoms with Crippen molar-refractivity contribution in [2.24, 2.45) is 0 Å². The van der Waals surface area contributed by atoms with Gasteiger partial charge in [-0.25, -0.2) is 9.18 Å². The SMILES string of the molecule is CC(=O)N1C[C@@H](Oc2cccc(F)c2)C[C@@H]1C(=O)N1CCCN(C(=O)OC(C)(C)C)CC1. The number of nitrogens with zero attached hydrogens (tertiary/aromatic N) is 3. The highest BCUT2D eigenvalue weighted by Crippen LogP contribution is 2.25. The van der Waals surface area contributed by atoms with Crippen molar-refractivity contribution in [3.63, 3.8) is 0 Å². The Labute approximate surface area is 188 Å². The maximum atomic E-state index is 13.5. The molecule has 0 N–H and O–H groups in total. The van der Waals surface area contributed by atoms with Gasteiger partial charge in [0.05, 0.1) is 6.54 Å². The van der Waals surface area contributed by atoms with Crippen molar-refractivity contribution in [3.05, 3.63) is 30.1 Å². The third-order valence-corrected chi connectivity index (χ3v) is 5.51. The lowest BCUT2D eigenvalue weighted by Crippen LogP contribution is -2.48. The van der Waals surface area contributed by atoms with Crippen molar-refractivity contribution in [1.29, 1.82) is 0 Å². The highest BCUT2D eigenvalue weighted by molar-refractivity contribution is 5.87. The van der Waals surface area contributed by atoms with Gasteiger partial charge in [0.2, 0.25) is 11.8 Å². The van der Waals surface area contributed by atoms with Crippen LogP contribution >= 0.6 is 0 Å². The molecule has 1 aromatic rings. The molecule has 0 spiro atoms. The van der Waals surface area contributed by atoms with Crippen molar-refractivity contribution in [2.45, 2.75) is 58.3 Å². The molecule has 0 aromatic heterocycles. The minimum atomic E-state index is -0.640. The molecule has 0 unspecified atom stereocenters. The fourth-order valence-corrected chi connectivity index (χ4v) is 4.06. The van der Waals surface area contributed by atoms with Crippen LogP contribution in [0.1, 0.15) is 40.5 Å². The van der Waals surface area contributed by atoms with Gasteiger partial charge in [-0.3, -0.25) is 9.59 Å². The number of benzene rings is 1. The number of ether oxygens (including phenoxy) is 2. The second-order valence-corrected chi connectivity index (χ2v) is 9.27. The Morgan fingerprint density at radius 3 is 2.41 bits per heavy atom. The van der Waals surface area contributed by atoms with Gasteiger partial charge < -0.3 is 24.2 Å². The fraction of sp³-hybridized carbons (Fsp3) is 0.609. The summed E-state index contributed by atoms with van der Waals surface area (Å²) in [4.78, 5) is 42.7. The molecular formula is C23H32FN3O5. The average Bonchev–Trinajstić information content (AvgIpc) is 2.95. The van der Waals surface area contributed by atoms with E-state index >= 15 is 0 Å². The standard InChI is InChI=1S/C23H32FN3O5/c1-16(28)27-15-19(31-18-8-5-7-17(24)13-18)14-20(27)21(29)25-9-6-10-26(12-11-25)22(30)32-23(2,3)4/h5,7-8,13,19-20H,6,9-12,14-15H2,1-4H3/t19-,20+/m0/s1. The van der Waals surface area contributed by atoms with E-state index in [2.05, 4.69) is 0 Å². The predicted molar refractivity (Wildman–Crippen MR) is 116 cm³/mol. The van der Waals surface area contributed by atoms with E-state index in [9.17, 15) is 18.8 Å². The summed E-state index contributed by atoms with van der Waals surface area (Å²) >= 11 is 0. The van der Waals surface area contributed by atoms with E-state index < -0.39 is 23.6 Å². The number of likely N-dealkylation sites (tertiary alicyclic amines) is 1. The summed E-state index contributed by atoms with van der Waals surface area (Å²) in [6.07, 6.45) is 0.170. The topological polar surface area (TPSA) is 79.4 Å². The molecule has 2 aliphatic heterocycles. The molecule has 2 heterocycles. The molecule has 176 valence electrons. The van der Waals surface area contributed by atoms with Gasteiger partial charge in [-0.05, 0) is 39.3 Å². The number of hydrogen-bond acceptors (Lipinski definition) is 5. The lowest BCUT2D eigenvalue weighted by Gasteiger charge is -2.29. The monoisotopic (exact) mass is 449 g/mol. The maximum absolute atomic E-state index is 13.5. The van der Waals surface area contributed by atoms with Crippen LogP contribution in [0.2, 0.25) is 0 Å². The Bertz CT molecular complexity index is 856. The van der Waals surface area contributed by atoms with Crippen LogP contribution in [0.3, 0.4) is 0 Å². The zero-order valence-corrected chi connectivity index (χ0v) is 19.2. The van der Waals surface area contributed by atoms with E-state index in [1.54, 1.807) is 21.9 Å². The second-order valence-electron chi connectivity index (χ2n) is 9.27. The molecule has 2 aliphatic rings. The lowest BCUT2D eigenvalue weighted by molar-refractivity contribution is -0.142. The van der Waals surface area contributed by atoms with Gasteiger partial charge in [0, 0.05) is 45.6 Å². The smallest absolute Gasteiger partial charge is 0.410 e. The van der Waals surface area contributed by atoms with Crippen LogP contribution < -0.4 is 4.74 Å². The van der Waals surface area contributed by atoms with Crippen molar-refractivity contribution in [3.8, 4) is 5.75 Å². The van der Waals surface area contributed by atoms with Crippen molar-refractivity contribution in [1.82, 2.24) is 14.7 Å². The van der Waals surface area contributed by atoms with Crippen LogP contribution in [0.15, 0.2) is 24.3 Å². The number of halogens is 1. The zero-order valence-electron chi connectivity index (χ0n) is 19.2. The molecule has 32 heavy (non-hydrogen) atoms. The van der Waals surface area contributed by atoms with E-state index in [0.29, 0.717) is 44.8 Å². The molecular weight excluding hydrogens is 417 g/mol. The van der Waals surface area contributed by atoms with E-state index in [1.165, 1.54) is 24.0 Å². The first kappa shape index (κ1) is 23.8. The summed E-state index contributed by atoms with van der Waals surface area (Å²) in [7, 11) is 0. The van der Waals surface area contributed by atoms with Crippen LogP contribution in [0.4, 0.5) is 9.18 Å². The normalized spacial score (nSPS) is 21.8. The first-order chi connectivity index (χ1) is 15.0. The Kier molecular flexibility index (Phi) is 7.26. The number of rotatable bonds is 3. The highest BCUT2D eigenvalue weighted by atomic mass is 19.1. The Hall–Kier alpha value is -2.84. The molecule has 0 saturated carbocycles. The Morgan fingerprint density at radius 1 is 1.06 bits per heavy atom. The Morgan fingerprint density at radius 2 is 1.75 bits per heavy atom. The Balaban J connectivity index is 1.63. The van der Waals surface area contributed by atoms with Gasteiger partial charge in [0.15, 0.2) is 0 Å². The number of carbonyl (C=O) groups is 3. The van der Waals surface area contributed by atoms with Crippen LogP contribution in [0.25, 0.3) is 0 Å². The van der Waals surface area contributed by atoms with Gasteiger partial charge in [0.25, 0.3) is 0 Å². The predicted octanol–water partition coefficient (Wildman–Crippen LogP) is 2.66. The van der Waals surface area contributed by atoms with Crippen molar-refractivity contribution in [2.75, 3.05) is 32.7 Å². The molecule has 0 aliphatic carbocycles. The molecule has 8 nitrogen and oxygen atoms in total. The van der Waals surface area contributed by atoms with Crippen LogP contribution in [-0.2, 0) is 14.3 Å². The molecule has 2 saturated heterocycles. The van der Waals surface area contributed by atoms with Gasteiger partial charge in [0.1, 0.15) is 29.3 Å². The summed E-state index contributed by atoms with van der Waals surface area (Å²) in [5, 5.41) is 0. The minimum Gasteiger partial charge on any atom is -0.488 e. The molecule has 0 bridgehead atoms. The number of amides is 3. The molecule has 9 heteroatoms. The molecule has 0 radical (unpaired) electrons. The molecule has 2 fully saturated rings. The third-order valence-electron chi connectivity index (χ3n) is 5.51. The average molecular weight is 450 g/mol. The third kappa shape index (κ3) is 6.11. The highest BCUT2D eigenvalue weighted by Gasteiger charge is 2.41. The molecule has 3 amide bonds. The molecule has 2 atom stereocenters. The summed E-state index contributed by atoms with van der Waals surface area (Å²) in [6, 6.07) is 5.18. The van der Waals surface area contributed by atoms with Gasteiger partial charge in [-0.2, -0.15) is 0 Å². The van der Waals surface area contributed by atoms with Gasteiger partial charge in [-0.15, -0.1) is 0 Å². The summed E-state index contributed by atoms with van der Waals surface area (Å²) in [5.41, 5.74) is -0.582.